The number of likely N-dealkylation sites (tertiary alicyclic amines) is 1. The van der Waals surface area contributed by atoms with E-state index in [9.17, 15) is 19.5 Å². The lowest BCUT2D eigenvalue weighted by molar-refractivity contribution is -0.147. The van der Waals surface area contributed by atoms with Crippen LogP contribution in [0.1, 0.15) is 62.8 Å². The number of aliphatic hydroxyl groups is 1. The number of piperidine rings is 2. The van der Waals surface area contributed by atoms with Crippen molar-refractivity contribution in [3.8, 4) is 0 Å². The number of pyridine rings is 1. The third kappa shape index (κ3) is 5.29. The molecule has 2 atom stereocenters. The number of amides is 2. The maximum atomic E-state index is 12.9. The Hall–Kier alpha value is -2.68. The van der Waals surface area contributed by atoms with Gasteiger partial charge in [0.15, 0.2) is 0 Å². The molecule has 1 aromatic heterocycles. The van der Waals surface area contributed by atoms with Crippen molar-refractivity contribution in [1.29, 1.82) is 0 Å². The lowest BCUT2D eigenvalue weighted by atomic mass is 9.84. The van der Waals surface area contributed by atoms with Crippen molar-refractivity contribution >= 4 is 23.6 Å². The summed E-state index contributed by atoms with van der Waals surface area (Å²) < 4.78 is 0. The van der Waals surface area contributed by atoms with Crippen molar-refractivity contribution in [2.45, 2.75) is 69.6 Å². The Morgan fingerprint density at radius 3 is 2.33 bits per heavy atom. The molecular weight excluding hydrogens is 424 g/mol. The quantitative estimate of drug-likeness (QED) is 0.614. The molecule has 2 unspecified atom stereocenters. The van der Waals surface area contributed by atoms with E-state index in [0.29, 0.717) is 44.8 Å². The minimum absolute atomic E-state index is 0.0226. The van der Waals surface area contributed by atoms with E-state index in [0.717, 1.165) is 37.1 Å². The minimum atomic E-state index is -0.876. The first-order chi connectivity index (χ1) is 15.8. The van der Waals surface area contributed by atoms with Crippen LogP contribution in [0.3, 0.4) is 0 Å². The van der Waals surface area contributed by atoms with Crippen LogP contribution in [0.25, 0.3) is 0 Å². The molecule has 9 heteroatoms. The second-order valence-corrected chi connectivity index (χ2v) is 9.66. The number of carbonyl (C=O) groups excluding carboxylic acids is 2. The van der Waals surface area contributed by atoms with Crippen molar-refractivity contribution in [2.75, 3.05) is 25.0 Å². The van der Waals surface area contributed by atoms with Gasteiger partial charge < -0.3 is 25.3 Å². The average Bonchev–Trinajstić information content (AvgIpc) is 2.83. The average molecular weight is 459 g/mol. The molecule has 0 radical (unpaired) electrons. The van der Waals surface area contributed by atoms with Gasteiger partial charge in [0.1, 0.15) is 12.0 Å². The Balaban J connectivity index is 1.28. The number of carbonyl (C=O) groups is 3. The number of anilines is 1. The Labute approximate surface area is 194 Å². The molecule has 2 saturated heterocycles. The molecule has 3 aliphatic rings. The summed E-state index contributed by atoms with van der Waals surface area (Å²) in [6.45, 7) is 1.09. The first-order valence-corrected chi connectivity index (χ1v) is 12.0. The third-order valence-corrected chi connectivity index (χ3v) is 7.68. The summed E-state index contributed by atoms with van der Waals surface area (Å²) in [7, 11) is 2.03. The predicted molar refractivity (Wildman–Crippen MR) is 121 cm³/mol. The summed E-state index contributed by atoms with van der Waals surface area (Å²) in [6.07, 6.45) is 6.50. The number of aliphatic hydroxyl groups excluding tert-OH is 1. The Kier molecular flexibility index (Phi) is 7.17. The van der Waals surface area contributed by atoms with E-state index in [1.54, 1.807) is 6.20 Å². The topological polar surface area (TPSA) is 123 Å². The molecule has 9 nitrogen and oxygen atoms in total. The van der Waals surface area contributed by atoms with Gasteiger partial charge in [-0.1, -0.05) is 6.07 Å². The molecule has 2 aliphatic heterocycles. The van der Waals surface area contributed by atoms with Gasteiger partial charge in [-0.05, 0) is 56.6 Å². The fraction of sp³-hybridized carbons (Fsp3) is 0.667. The molecule has 0 spiro atoms. The smallest absolute Gasteiger partial charge is 0.306 e. The van der Waals surface area contributed by atoms with Crippen LogP contribution in [-0.2, 0) is 14.4 Å². The van der Waals surface area contributed by atoms with Gasteiger partial charge in [0, 0.05) is 50.6 Å². The molecule has 2 amide bonds. The van der Waals surface area contributed by atoms with Crippen molar-refractivity contribution in [1.82, 2.24) is 15.2 Å². The number of aromatic nitrogens is 1. The number of nitrogens with one attached hydrogen (secondary N) is 1. The number of hydrogen-bond acceptors (Lipinski definition) is 6. The van der Waals surface area contributed by atoms with Crippen molar-refractivity contribution in [3.05, 3.63) is 23.9 Å². The van der Waals surface area contributed by atoms with E-state index in [-0.39, 0.29) is 29.6 Å². The largest absolute Gasteiger partial charge is 0.481 e. The molecule has 3 fully saturated rings. The summed E-state index contributed by atoms with van der Waals surface area (Å²) >= 11 is 0. The predicted octanol–water partition coefficient (Wildman–Crippen LogP) is 1.71. The molecule has 3 heterocycles. The lowest BCUT2D eigenvalue weighted by Crippen LogP contribution is -2.45. The van der Waals surface area contributed by atoms with Crippen molar-refractivity contribution in [2.24, 2.45) is 11.8 Å². The third-order valence-electron chi connectivity index (χ3n) is 7.68. The number of aliphatic carboxylic acids is 1. The highest BCUT2D eigenvalue weighted by atomic mass is 16.4. The van der Waals surface area contributed by atoms with Gasteiger partial charge in [0.25, 0.3) is 0 Å². The molecule has 0 bridgehead atoms. The van der Waals surface area contributed by atoms with Crippen molar-refractivity contribution in [3.63, 3.8) is 0 Å². The zero-order chi connectivity index (χ0) is 23.5. The summed E-state index contributed by atoms with van der Waals surface area (Å²) in [5.74, 6) is -0.279. The monoisotopic (exact) mass is 458 g/mol. The van der Waals surface area contributed by atoms with Crippen LogP contribution in [0.2, 0.25) is 0 Å². The minimum Gasteiger partial charge on any atom is -0.481 e. The first kappa shape index (κ1) is 23.5. The van der Waals surface area contributed by atoms with Gasteiger partial charge in [-0.3, -0.25) is 14.4 Å². The van der Waals surface area contributed by atoms with Gasteiger partial charge >= 0.3 is 5.97 Å². The summed E-state index contributed by atoms with van der Waals surface area (Å²) in [5, 5.41) is 21.9. The SMILES string of the molecule is CN(c1ccc(C2CCC(=O)NC2O)cn1)[C@H]1CC[C@H](C(=O)N2CCC(C(=O)O)CC2)CC1. The van der Waals surface area contributed by atoms with Gasteiger partial charge in [0.2, 0.25) is 11.8 Å². The van der Waals surface area contributed by atoms with Crippen molar-refractivity contribution < 1.29 is 24.6 Å². The Bertz CT molecular complexity index is 860. The number of nitrogens with zero attached hydrogens (tertiary/aromatic N) is 3. The Morgan fingerprint density at radius 2 is 1.76 bits per heavy atom. The van der Waals surface area contributed by atoms with E-state index in [1.807, 2.05) is 24.1 Å². The van der Waals surface area contributed by atoms with Crippen LogP contribution in [0.15, 0.2) is 18.3 Å². The molecule has 1 saturated carbocycles. The highest BCUT2D eigenvalue weighted by molar-refractivity contribution is 5.79. The lowest BCUT2D eigenvalue weighted by Gasteiger charge is -2.38. The fourth-order valence-electron chi connectivity index (χ4n) is 5.46. The zero-order valence-corrected chi connectivity index (χ0v) is 19.2. The molecule has 4 rings (SSSR count). The van der Waals surface area contributed by atoms with Crippen LogP contribution < -0.4 is 10.2 Å². The van der Waals surface area contributed by atoms with Crippen LogP contribution in [-0.4, -0.2) is 70.3 Å². The van der Waals surface area contributed by atoms with Crippen LogP contribution in [0.5, 0.6) is 0 Å². The zero-order valence-electron chi connectivity index (χ0n) is 19.2. The molecule has 33 heavy (non-hydrogen) atoms. The maximum Gasteiger partial charge on any atom is 0.306 e. The fourth-order valence-corrected chi connectivity index (χ4v) is 5.46. The van der Waals surface area contributed by atoms with Gasteiger partial charge in [-0.15, -0.1) is 0 Å². The number of carboxylic acids is 1. The summed E-state index contributed by atoms with van der Waals surface area (Å²) in [6, 6.07) is 4.24. The summed E-state index contributed by atoms with van der Waals surface area (Å²) in [5.41, 5.74) is 0.917. The van der Waals surface area contributed by atoms with Crippen LogP contribution in [0.4, 0.5) is 5.82 Å². The molecule has 0 aromatic carbocycles. The van der Waals surface area contributed by atoms with Gasteiger partial charge in [0.05, 0.1) is 5.92 Å². The van der Waals surface area contributed by atoms with E-state index in [2.05, 4.69) is 15.2 Å². The highest BCUT2D eigenvalue weighted by Crippen LogP contribution is 2.32. The maximum absolute atomic E-state index is 12.9. The number of carboxylic acid groups (broad SMARTS) is 1. The molecule has 1 aliphatic carbocycles. The molecule has 180 valence electrons. The first-order valence-electron chi connectivity index (χ1n) is 12.0. The Morgan fingerprint density at radius 1 is 1.06 bits per heavy atom. The van der Waals surface area contributed by atoms with Gasteiger partial charge in [-0.25, -0.2) is 4.98 Å². The second kappa shape index (κ2) is 10.1. The molecule has 3 N–H and O–H groups in total. The van der Waals surface area contributed by atoms with E-state index >= 15 is 0 Å². The molecule has 1 aromatic rings. The van der Waals surface area contributed by atoms with E-state index < -0.39 is 12.2 Å². The second-order valence-electron chi connectivity index (χ2n) is 9.66. The van der Waals surface area contributed by atoms with E-state index in [4.69, 9.17) is 5.11 Å². The van der Waals surface area contributed by atoms with Gasteiger partial charge in [-0.2, -0.15) is 0 Å². The standard InChI is InChI=1S/C24H34N4O5/c1-27(20-8-4-17(14-25-20)19-7-9-21(29)26-22(19)30)18-5-2-15(3-6-18)23(31)28-12-10-16(11-13-28)24(32)33/h4,8,14-16,18-19,22,30H,2-3,5-7,9-13H2,1H3,(H,26,29)(H,32,33)/t15-,18-,19?,22?. The van der Waals surface area contributed by atoms with Crippen LogP contribution >= 0.6 is 0 Å². The normalized spacial score (nSPS) is 28.8. The van der Waals surface area contributed by atoms with Crippen LogP contribution in [0, 0.1) is 11.8 Å². The van der Waals surface area contributed by atoms with E-state index in [1.165, 1.54) is 0 Å². The number of rotatable bonds is 5. The molecular formula is C24H34N4O5. The summed E-state index contributed by atoms with van der Waals surface area (Å²) in [4.78, 5) is 44.1. The highest BCUT2D eigenvalue weighted by Gasteiger charge is 2.34. The number of hydrogen-bond donors (Lipinski definition) is 3.